The van der Waals surface area contributed by atoms with Crippen LogP contribution < -0.4 is 4.74 Å². The molecule has 54 valence electrons. The van der Waals surface area contributed by atoms with Crippen LogP contribution in [0.4, 0.5) is 0 Å². The van der Waals surface area contributed by atoms with E-state index >= 15 is 0 Å². The molecule has 0 saturated carbocycles. The minimum Gasteiger partial charge on any atom is -0.480 e. The Labute approximate surface area is 72.9 Å². The van der Waals surface area contributed by atoms with Crippen molar-refractivity contribution in [2.75, 3.05) is 7.11 Å². The van der Waals surface area contributed by atoms with Crippen molar-refractivity contribution in [1.82, 2.24) is 10.2 Å². The van der Waals surface area contributed by atoms with Gasteiger partial charge in [0.2, 0.25) is 5.88 Å². The van der Waals surface area contributed by atoms with Crippen molar-refractivity contribution in [3.05, 3.63) is 15.3 Å². The van der Waals surface area contributed by atoms with E-state index in [1.165, 1.54) is 0 Å². The van der Waals surface area contributed by atoms with Crippen LogP contribution in [0.1, 0.15) is 5.56 Å². The Morgan fingerprint density at radius 3 is 2.70 bits per heavy atom. The summed E-state index contributed by atoms with van der Waals surface area (Å²) >= 11 is 2.11. The topological polar surface area (TPSA) is 35.0 Å². The van der Waals surface area contributed by atoms with Crippen molar-refractivity contribution in [3.8, 4) is 5.88 Å². The van der Waals surface area contributed by atoms with Crippen LogP contribution in [0.15, 0.2) is 6.07 Å². The summed E-state index contributed by atoms with van der Waals surface area (Å²) in [6.45, 7) is 1.94. The molecule has 0 aliphatic rings. The molecule has 1 rings (SSSR count). The van der Waals surface area contributed by atoms with Crippen molar-refractivity contribution in [2.24, 2.45) is 0 Å². The van der Waals surface area contributed by atoms with Gasteiger partial charge in [0, 0.05) is 5.56 Å². The molecule has 1 heterocycles. The number of rotatable bonds is 1. The minimum absolute atomic E-state index is 0.598. The second-order valence-corrected chi connectivity index (χ2v) is 2.96. The average Bonchev–Trinajstić information content (AvgIpc) is 1.88. The summed E-state index contributed by atoms with van der Waals surface area (Å²) in [5.41, 5.74) is 1.02. The van der Waals surface area contributed by atoms with Gasteiger partial charge in [-0.05, 0) is 35.6 Å². The van der Waals surface area contributed by atoms with Gasteiger partial charge in [-0.3, -0.25) is 0 Å². The van der Waals surface area contributed by atoms with Gasteiger partial charge >= 0.3 is 0 Å². The average molecular weight is 250 g/mol. The van der Waals surface area contributed by atoms with Gasteiger partial charge in [0.05, 0.1) is 7.11 Å². The Balaban J connectivity index is 3.07. The molecule has 0 saturated heterocycles. The molecular weight excluding hydrogens is 243 g/mol. The zero-order valence-corrected chi connectivity index (χ0v) is 7.92. The highest BCUT2D eigenvalue weighted by molar-refractivity contribution is 14.1. The molecule has 1 aromatic heterocycles. The van der Waals surface area contributed by atoms with Gasteiger partial charge in [0.25, 0.3) is 0 Å². The predicted octanol–water partition coefficient (Wildman–Crippen LogP) is 1.40. The molecule has 4 heteroatoms. The largest absolute Gasteiger partial charge is 0.480 e. The fourth-order valence-electron chi connectivity index (χ4n) is 0.643. The van der Waals surface area contributed by atoms with E-state index in [1.807, 2.05) is 13.0 Å². The standard InChI is InChI=1S/C6H7IN2O/c1-4-3-5(7)8-9-6(4)10-2/h3H,1-2H3. The molecule has 0 aromatic carbocycles. The van der Waals surface area contributed by atoms with Crippen LogP contribution in [0.2, 0.25) is 0 Å². The van der Waals surface area contributed by atoms with E-state index in [9.17, 15) is 0 Å². The Hall–Kier alpha value is -0.390. The molecule has 0 aliphatic carbocycles. The third-order valence-corrected chi connectivity index (χ3v) is 1.63. The first-order valence-electron chi connectivity index (χ1n) is 2.78. The van der Waals surface area contributed by atoms with Crippen molar-refractivity contribution in [1.29, 1.82) is 0 Å². The summed E-state index contributed by atoms with van der Waals surface area (Å²) in [6, 6.07) is 1.92. The van der Waals surface area contributed by atoms with Crippen molar-refractivity contribution >= 4 is 22.6 Å². The number of aromatic nitrogens is 2. The van der Waals surface area contributed by atoms with Crippen LogP contribution in [-0.2, 0) is 0 Å². The number of halogens is 1. The van der Waals surface area contributed by atoms with Gasteiger partial charge < -0.3 is 4.74 Å². The lowest BCUT2D eigenvalue weighted by Crippen LogP contribution is -1.94. The summed E-state index contributed by atoms with van der Waals surface area (Å²) < 4.78 is 5.81. The molecule has 3 nitrogen and oxygen atoms in total. The Kier molecular flexibility index (Phi) is 2.42. The van der Waals surface area contributed by atoms with Crippen LogP contribution in [-0.4, -0.2) is 17.3 Å². The van der Waals surface area contributed by atoms with Gasteiger partial charge in [-0.25, -0.2) is 0 Å². The first-order chi connectivity index (χ1) is 4.74. The molecular formula is C6H7IN2O. The van der Waals surface area contributed by atoms with Crippen LogP contribution in [0.25, 0.3) is 0 Å². The van der Waals surface area contributed by atoms with E-state index in [2.05, 4.69) is 32.8 Å². The van der Waals surface area contributed by atoms with Crippen LogP contribution >= 0.6 is 22.6 Å². The fraction of sp³-hybridized carbons (Fsp3) is 0.333. The lowest BCUT2D eigenvalue weighted by Gasteiger charge is -1.99. The monoisotopic (exact) mass is 250 g/mol. The minimum atomic E-state index is 0.598. The number of hydrogen-bond donors (Lipinski definition) is 0. The molecule has 0 radical (unpaired) electrons. The zero-order chi connectivity index (χ0) is 7.56. The smallest absolute Gasteiger partial charge is 0.236 e. The van der Waals surface area contributed by atoms with Crippen molar-refractivity contribution in [2.45, 2.75) is 6.92 Å². The molecule has 0 unspecified atom stereocenters. The highest BCUT2D eigenvalue weighted by atomic mass is 127. The summed E-state index contributed by atoms with van der Waals surface area (Å²) in [4.78, 5) is 0. The fourth-order valence-corrected chi connectivity index (χ4v) is 1.22. The quantitative estimate of drug-likeness (QED) is 0.706. The molecule has 0 atom stereocenters. The van der Waals surface area contributed by atoms with Crippen LogP contribution in [0, 0.1) is 10.6 Å². The van der Waals surface area contributed by atoms with E-state index in [0.717, 1.165) is 9.26 Å². The zero-order valence-electron chi connectivity index (χ0n) is 5.76. The maximum atomic E-state index is 4.92. The molecule has 1 aromatic rings. The van der Waals surface area contributed by atoms with Crippen LogP contribution in [0.5, 0.6) is 5.88 Å². The second-order valence-electron chi connectivity index (χ2n) is 1.86. The third kappa shape index (κ3) is 1.56. The van der Waals surface area contributed by atoms with Crippen molar-refractivity contribution in [3.63, 3.8) is 0 Å². The Morgan fingerprint density at radius 1 is 1.50 bits per heavy atom. The maximum absolute atomic E-state index is 4.92. The predicted molar refractivity (Wildman–Crippen MR) is 46.0 cm³/mol. The number of methoxy groups -OCH3 is 1. The molecule has 0 fully saturated rings. The lowest BCUT2D eigenvalue weighted by atomic mass is 10.3. The highest BCUT2D eigenvalue weighted by Gasteiger charge is 1.99. The highest BCUT2D eigenvalue weighted by Crippen LogP contribution is 2.12. The molecule has 0 spiro atoms. The summed E-state index contributed by atoms with van der Waals surface area (Å²) in [5, 5.41) is 7.64. The number of ether oxygens (including phenoxy) is 1. The SMILES string of the molecule is COc1nnc(I)cc1C. The Bertz CT molecular complexity index is 239. The van der Waals surface area contributed by atoms with E-state index in [0.29, 0.717) is 5.88 Å². The molecule has 0 N–H and O–H groups in total. The van der Waals surface area contributed by atoms with Gasteiger partial charge in [-0.1, -0.05) is 0 Å². The van der Waals surface area contributed by atoms with E-state index in [1.54, 1.807) is 7.11 Å². The van der Waals surface area contributed by atoms with E-state index in [-0.39, 0.29) is 0 Å². The first-order valence-corrected chi connectivity index (χ1v) is 3.85. The Morgan fingerprint density at radius 2 is 2.20 bits per heavy atom. The van der Waals surface area contributed by atoms with Gasteiger partial charge in [-0.2, -0.15) is 0 Å². The first kappa shape index (κ1) is 7.71. The van der Waals surface area contributed by atoms with Gasteiger partial charge in [0.1, 0.15) is 3.70 Å². The van der Waals surface area contributed by atoms with E-state index in [4.69, 9.17) is 4.74 Å². The second kappa shape index (κ2) is 3.14. The number of aryl methyl sites for hydroxylation is 1. The summed E-state index contributed by atoms with van der Waals surface area (Å²) in [5.74, 6) is 0.598. The van der Waals surface area contributed by atoms with Gasteiger partial charge in [-0.15, -0.1) is 10.2 Å². The van der Waals surface area contributed by atoms with Gasteiger partial charge in [0.15, 0.2) is 0 Å². The summed E-state index contributed by atoms with van der Waals surface area (Å²) in [7, 11) is 1.59. The molecule has 0 bridgehead atoms. The van der Waals surface area contributed by atoms with E-state index < -0.39 is 0 Å². The summed E-state index contributed by atoms with van der Waals surface area (Å²) in [6.07, 6.45) is 0. The number of nitrogens with zero attached hydrogens (tertiary/aromatic N) is 2. The molecule has 10 heavy (non-hydrogen) atoms. The maximum Gasteiger partial charge on any atom is 0.236 e. The van der Waals surface area contributed by atoms with Crippen molar-refractivity contribution < 1.29 is 4.74 Å². The molecule has 0 amide bonds. The molecule has 0 aliphatic heterocycles. The number of hydrogen-bond acceptors (Lipinski definition) is 3. The van der Waals surface area contributed by atoms with Crippen LogP contribution in [0.3, 0.4) is 0 Å². The lowest BCUT2D eigenvalue weighted by molar-refractivity contribution is 0.388. The normalized spacial score (nSPS) is 9.50. The third-order valence-electron chi connectivity index (χ3n) is 1.10.